The third kappa shape index (κ3) is 3.67. The van der Waals surface area contributed by atoms with Gasteiger partial charge in [0, 0.05) is 19.1 Å². The molecule has 0 aromatic carbocycles. The van der Waals surface area contributed by atoms with E-state index in [-0.39, 0.29) is 18.6 Å². The predicted molar refractivity (Wildman–Crippen MR) is 68.3 cm³/mol. The Labute approximate surface area is 109 Å². The topological polar surface area (TPSA) is 53.0 Å². The van der Waals surface area contributed by atoms with E-state index in [2.05, 4.69) is 4.90 Å². The fourth-order valence-corrected chi connectivity index (χ4v) is 2.74. The molecule has 18 heavy (non-hydrogen) atoms. The van der Waals surface area contributed by atoms with Crippen molar-refractivity contribution in [3.63, 3.8) is 0 Å². The van der Waals surface area contributed by atoms with Gasteiger partial charge in [-0.05, 0) is 19.4 Å². The van der Waals surface area contributed by atoms with Crippen molar-refractivity contribution in [1.29, 1.82) is 0 Å². The summed E-state index contributed by atoms with van der Waals surface area (Å²) in [6.45, 7) is 4.25. The summed E-state index contributed by atoms with van der Waals surface area (Å²) in [7, 11) is 0. The van der Waals surface area contributed by atoms with Crippen molar-refractivity contribution in [1.82, 2.24) is 9.80 Å². The Morgan fingerprint density at radius 2 is 1.94 bits per heavy atom. The number of carbonyl (C=O) groups is 1. The first-order valence-electron chi connectivity index (χ1n) is 7.01. The molecule has 2 aliphatic rings. The molecule has 0 aliphatic carbocycles. The highest BCUT2D eigenvalue weighted by molar-refractivity contribution is 5.78. The van der Waals surface area contributed by atoms with E-state index < -0.39 is 0 Å². The summed E-state index contributed by atoms with van der Waals surface area (Å²) in [5, 5.41) is 9.42. The van der Waals surface area contributed by atoms with E-state index in [1.165, 1.54) is 6.42 Å². The highest BCUT2D eigenvalue weighted by Gasteiger charge is 2.25. The molecule has 2 aliphatic heterocycles. The smallest absolute Gasteiger partial charge is 0.236 e. The first kappa shape index (κ1) is 13.8. The summed E-state index contributed by atoms with van der Waals surface area (Å²) in [6, 6.07) is 0.164. The number of amides is 1. The fraction of sp³-hybridized carbons (Fsp3) is 0.923. The van der Waals surface area contributed by atoms with E-state index >= 15 is 0 Å². The maximum atomic E-state index is 12.2. The number of rotatable bonds is 3. The third-order valence-corrected chi connectivity index (χ3v) is 3.91. The van der Waals surface area contributed by atoms with Crippen LogP contribution in [0.1, 0.15) is 25.7 Å². The summed E-state index contributed by atoms with van der Waals surface area (Å²) >= 11 is 0. The van der Waals surface area contributed by atoms with Gasteiger partial charge in [-0.15, -0.1) is 0 Å². The molecule has 0 radical (unpaired) electrons. The number of hydrogen-bond acceptors (Lipinski definition) is 4. The predicted octanol–water partition coefficient (Wildman–Crippen LogP) is 0.0821. The maximum Gasteiger partial charge on any atom is 0.236 e. The molecular formula is C13H24N2O3. The molecule has 0 spiro atoms. The first-order chi connectivity index (χ1) is 8.81. The standard InChI is InChI=1S/C13H24N2O3/c16-11-12-4-2-1-3-5-15(12)10-13(17)14-6-8-18-9-7-14/h12,16H,1-11H2. The number of morpholine rings is 1. The molecule has 1 atom stereocenters. The van der Waals surface area contributed by atoms with Crippen molar-refractivity contribution in [2.75, 3.05) is 46.0 Å². The Kier molecular flexibility index (Phi) is 5.41. The molecule has 1 unspecified atom stereocenters. The van der Waals surface area contributed by atoms with Crippen LogP contribution < -0.4 is 0 Å². The van der Waals surface area contributed by atoms with Gasteiger partial charge in [-0.1, -0.05) is 12.8 Å². The van der Waals surface area contributed by atoms with Crippen molar-refractivity contribution < 1.29 is 14.6 Å². The Morgan fingerprint density at radius 3 is 2.67 bits per heavy atom. The number of likely N-dealkylation sites (tertiary alicyclic amines) is 1. The van der Waals surface area contributed by atoms with Crippen LogP contribution in [0.15, 0.2) is 0 Å². The molecule has 0 saturated carbocycles. The van der Waals surface area contributed by atoms with Gasteiger partial charge >= 0.3 is 0 Å². The summed E-state index contributed by atoms with van der Waals surface area (Å²) in [5.74, 6) is 0.179. The van der Waals surface area contributed by atoms with Crippen molar-refractivity contribution in [3.05, 3.63) is 0 Å². The Bertz CT molecular complexity index is 267. The number of nitrogens with zero attached hydrogens (tertiary/aromatic N) is 2. The van der Waals surface area contributed by atoms with E-state index in [9.17, 15) is 9.90 Å². The van der Waals surface area contributed by atoms with Gasteiger partial charge in [-0.2, -0.15) is 0 Å². The van der Waals surface area contributed by atoms with Gasteiger partial charge in [0.25, 0.3) is 0 Å². The van der Waals surface area contributed by atoms with Crippen LogP contribution >= 0.6 is 0 Å². The van der Waals surface area contributed by atoms with Crippen molar-refractivity contribution in [3.8, 4) is 0 Å². The molecule has 2 rings (SSSR count). The second-order valence-corrected chi connectivity index (χ2v) is 5.15. The van der Waals surface area contributed by atoms with Gasteiger partial charge in [0.05, 0.1) is 26.4 Å². The van der Waals surface area contributed by atoms with E-state index in [0.717, 1.165) is 25.8 Å². The van der Waals surface area contributed by atoms with Gasteiger partial charge in [-0.25, -0.2) is 0 Å². The Morgan fingerprint density at radius 1 is 1.17 bits per heavy atom. The van der Waals surface area contributed by atoms with E-state index in [0.29, 0.717) is 32.8 Å². The Balaban J connectivity index is 1.86. The average molecular weight is 256 g/mol. The lowest BCUT2D eigenvalue weighted by Gasteiger charge is -2.32. The van der Waals surface area contributed by atoms with Crippen LogP contribution in [0.5, 0.6) is 0 Å². The molecule has 104 valence electrons. The van der Waals surface area contributed by atoms with Gasteiger partial charge in [0.15, 0.2) is 0 Å². The van der Waals surface area contributed by atoms with Crippen LogP contribution in [0.4, 0.5) is 0 Å². The zero-order valence-corrected chi connectivity index (χ0v) is 11.0. The molecule has 1 amide bonds. The SMILES string of the molecule is O=C(CN1CCCCCC1CO)N1CCOCC1. The molecule has 0 bridgehead atoms. The second-order valence-electron chi connectivity index (χ2n) is 5.15. The minimum absolute atomic E-state index is 0.163. The third-order valence-electron chi connectivity index (χ3n) is 3.91. The summed E-state index contributed by atoms with van der Waals surface area (Å²) in [5.41, 5.74) is 0. The number of carbonyl (C=O) groups excluding carboxylic acids is 1. The maximum absolute atomic E-state index is 12.2. The van der Waals surface area contributed by atoms with E-state index in [4.69, 9.17) is 4.74 Å². The molecule has 2 saturated heterocycles. The molecule has 5 nitrogen and oxygen atoms in total. The van der Waals surface area contributed by atoms with E-state index in [1.807, 2.05) is 4.90 Å². The number of hydrogen-bond donors (Lipinski definition) is 1. The average Bonchev–Trinajstić information content (AvgIpc) is 2.64. The lowest BCUT2D eigenvalue weighted by Crippen LogP contribution is -2.48. The molecule has 5 heteroatoms. The zero-order valence-electron chi connectivity index (χ0n) is 11.0. The molecule has 0 aromatic heterocycles. The highest BCUT2D eigenvalue weighted by atomic mass is 16.5. The Hall–Kier alpha value is -0.650. The van der Waals surface area contributed by atoms with Crippen LogP contribution in [-0.2, 0) is 9.53 Å². The molecule has 0 aromatic rings. The summed E-state index contributed by atoms with van der Waals surface area (Å²) < 4.78 is 5.25. The largest absolute Gasteiger partial charge is 0.395 e. The van der Waals surface area contributed by atoms with Crippen molar-refractivity contribution in [2.24, 2.45) is 0 Å². The molecular weight excluding hydrogens is 232 g/mol. The van der Waals surface area contributed by atoms with E-state index in [1.54, 1.807) is 0 Å². The quantitative estimate of drug-likeness (QED) is 0.777. The molecule has 1 N–H and O–H groups in total. The normalized spacial score (nSPS) is 26.9. The molecule has 2 heterocycles. The number of aliphatic hydroxyl groups is 1. The number of ether oxygens (including phenoxy) is 1. The van der Waals surface area contributed by atoms with Crippen LogP contribution in [0.25, 0.3) is 0 Å². The van der Waals surface area contributed by atoms with Crippen molar-refractivity contribution >= 4 is 5.91 Å². The lowest BCUT2D eigenvalue weighted by molar-refractivity contribution is -0.137. The van der Waals surface area contributed by atoms with Gasteiger partial charge in [0.2, 0.25) is 5.91 Å². The van der Waals surface area contributed by atoms with Crippen LogP contribution in [0.2, 0.25) is 0 Å². The zero-order chi connectivity index (χ0) is 12.8. The van der Waals surface area contributed by atoms with Gasteiger partial charge < -0.3 is 14.7 Å². The highest BCUT2D eigenvalue weighted by Crippen LogP contribution is 2.16. The van der Waals surface area contributed by atoms with Gasteiger partial charge in [-0.3, -0.25) is 9.69 Å². The van der Waals surface area contributed by atoms with Crippen LogP contribution in [0.3, 0.4) is 0 Å². The van der Waals surface area contributed by atoms with Crippen molar-refractivity contribution in [2.45, 2.75) is 31.7 Å². The monoisotopic (exact) mass is 256 g/mol. The first-order valence-corrected chi connectivity index (χ1v) is 7.01. The minimum Gasteiger partial charge on any atom is -0.395 e. The van der Waals surface area contributed by atoms with Gasteiger partial charge in [0.1, 0.15) is 0 Å². The second kappa shape index (κ2) is 7.07. The lowest BCUT2D eigenvalue weighted by atomic mass is 10.1. The molecule has 2 fully saturated rings. The fourth-order valence-electron chi connectivity index (χ4n) is 2.74. The van der Waals surface area contributed by atoms with Crippen LogP contribution in [-0.4, -0.2) is 72.9 Å². The number of aliphatic hydroxyl groups excluding tert-OH is 1. The minimum atomic E-state index is 0.163. The summed E-state index contributed by atoms with van der Waals surface area (Å²) in [4.78, 5) is 16.2. The summed E-state index contributed by atoms with van der Waals surface area (Å²) in [6.07, 6.45) is 4.51. The van der Waals surface area contributed by atoms with Crippen LogP contribution in [0, 0.1) is 0 Å².